The normalized spacial score (nSPS) is 11.3. The Hall–Kier alpha value is -2.01. The molecule has 4 nitrogen and oxygen atoms in total. The first-order chi connectivity index (χ1) is 8.91. The van der Waals surface area contributed by atoms with Crippen molar-refractivity contribution < 1.29 is 13.5 Å². The van der Waals surface area contributed by atoms with Crippen LogP contribution in [0.5, 0.6) is 5.75 Å². The van der Waals surface area contributed by atoms with Crippen LogP contribution in [0.4, 0.5) is 5.69 Å². The zero-order valence-electron chi connectivity index (χ0n) is 10.7. The third kappa shape index (κ3) is 2.71. The summed E-state index contributed by atoms with van der Waals surface area (Å²) in [5, 5.41) is 9.41. The molecule has 0 saturated carbocycles. The molecule has 2 aromatic carbocycles. The highest BCUT2D eigenvalue weighted by Gasteiger charge is 2.21. The lowest BCUT2D eigenvalue weighted by molar-refractivity contribution is 0.475. The first-order valence-corrected chi connectivity index (χ1v) is 7.20. The predicted molar refractivity (Wildman–Crippen MR) is 74.9 cm³/mol. The van der Waals surface area contributed by atoms with E-state index < -0.39 is 10.0 Å². The van der Waals surface area contributed by atoms with Gasteiger partial charge in [-0.3, -0.25) is 4.31 Å². The molecule has 0 aliphatic heterocycles. The van der Waals surface area contributed by atoms with E-state index in [0.717, 1.165) is 9.87 Å². The lowest BCUT2D eigenvalue weighted by Crippen LogP contribution is -2.26. The van der Waals surface area contributed by atoms with Crippen molar-refractivity contribution in [3.8, 4) is 5.75 Å². The molecule has 0 aliphatic rings. The molecule has 0 spiro atoms. The molecule has 0 unspecified atom stereocenters. The van der Waals surface area contributed by atoms with Crippen LogP contribution in [0.2, 0.25) is 0 Å². The van der Waals surface area contributed by atoms with Crippen molar-refractivity contribution >= 4 is 15.7 Å². The van der Waals surface area contributed by atoms with E-state index >= 15 is 0 Å². The van der Waals surface area contributed by atoms with Gasteiger partial charge in [0.15, 0.2) is 0 Å². The van der Waals surface area contributed by atoms with Gasteiger partial charge in [-0.15, -0.1) is 0 Å². The van der Waals surface area contributed by atoms with Crippen molar-refractivity contribution in [2.45, 2.75) is 11.8 Å². The highest BCUT2D eigenvalue weighted by atomic mass is 32.2. The van der Waals surface area contributed by atoms with Crippen molar-refractivity contribution in [1.29, 1.82) is 0 Å². The molecular weight excluding hydrogens is 262 g/mol. The van der Waals surface area contributed by atoms with Crippen LogP contribution in [0.1, 0.15) is 5.56 Å². The van der Waals surface area contributed by atoms with Crippen molar-refractivity contribution in [3.63, 3.8) is 0 Å². The molecule has 0 heterocycles. The summed E-state index contributed by atoms with van der Waals surface area (Å²) in [5.41, 5.74) is 1.42. The lowest BCUT2D eigenvalue weighted by Gasteiger charge is -2.19. The third-order valence-corrected chi connectivity index (χ3v) is 4.67. The van der Waals surface area contributed by atoms with E-state index in [9.17, 15) is 13.5 Å². The van der Waals surface area contributed by atoms with Gasteiger partial charge in [0.1, 0.15) is 5.75 Å². The molecule has 5 heteroatoms. The fraction of sp³-hybridized carbons (Fsp3) is 0.143. The van der Waals surface area contributed by atoms with Crippen LogP contribution in [0.15, 0.2) is 53.4 Å². The van der Waals surface area contributed by atoms with Crippen LogP contribution in [0.25, 0.3) is 0 Å². The Balaban J connectivity index is 2.42. The Bertz CT molecular complexity index is 678. The van der Waals surface area contributed by atoms with Gasteiger partial charge in [-0.2, -0.15) is 0 Å². The summed E-state index contributed by atoms with van der Waals surface area (Å²) >= 11 is 0. The van der Waals surface area contributed by atoms with Crippen LogP contribution in [0.3, 0.4) is 0 Å². The first kappa shape index (κ1) is 13.4. The van der Waals surface area contributed by atoms with E-state index in [1.54, 1.807) is 36.4 Å². The van der Waals surface area contributed by atoms with Crippen LogP contribution in [-0.2, 0) is 10.0 Å². The smallest absolute Gasteiger partial charge is 0.264 e. The quantitative estimate of drug-likeness (QED) is 0.938. The van der Waals surface area contributed by atoms with Crippen LogP contribution >= 0.6 is 0 Å². The third-order valence-electron chi connectivity index (χ3n) is 2.87. The zero-order chi connectivity index (χ0) is 14.0. The summed E-state index contributed by atoms with van der Waals surface area (Å²) < 4.78 is 25.9. The molecule has 0 atom stereocenters. The molecule has 0 bridgehead atoms. The van der Waals surface area contributed by atoms with Gasteiger partial charge in [0.2, 0.25) is 0 Å². The van der Waals surface area contributed by atoms with E-state index in [2.05, 4.69) is 0 Å². The second-order valence-electron chi connectivity index (χ2n) is 4.31. The van der Waals surface area contributed by atoms with E-state index in [1.807, 2.05) is 6.92 Å². The average Bonchev–Trinajstić information content (AvgIpc) is 2.38. The molecular formula is C14H15NO3S. The van der Waals surface area contributed by atoms with E-state index in [1.165, 1.54) is 19.2 Å². The number of rotatable bonds is 3. The number of nitrogens with zero attached hydrogens (tertiary/aromatic N) is 1. The van der Waals surface area contributed by atoms with E-state index in [4.69, 9.17) is 0 Å². The fourth-order valence-corrected chi connectivity index (χ4v) is 2.88. The maximum absolute atomic E-state index is 12.4. The number of hydrogen-bond donors (Lipinski definition) is 1. The van der Waals surface area contributed by atoms with Crippen LogP contribution < -0.4 is 4.31 Å². The van der Waals surface area contributed by atoms with Crippen molar-refractivity contribution in [2.75, 3.05) is 11.4 Å². The molecule has 100 valence electrons. The molecule has 2 rings (SSSR count). The first-order valence-electron chi connectivity index (χ1n) is 5.76. The Morgan fingerprint density at radius 1 is 1.05 bits per heavy atom. The van der Waals surface area contributed by atoms with E-state index in [0.29, 0.717) is 5.69 Å². The fourth-order valence-electron chi connectivity index (χ4n) is 1.70. The molecule has 2 aromatic rings. The second-order valence-corrected chi connectivity index (χ2v) is 6.27. The lowest BCUT2D eigenvalue weighted by atomic mass is 10.2. The van der Waals surface area contributed by atoms with Gasteiger partial charge in [-0.25, -0.2) is 8.42 Å². The molecule has 0 amide bonds. The standard InChI is InChI=1S/C14H15NO3S/c1-11-6-8-14(9-7-11)19(17,18)15(2)12-4-3-5-13(16)10-12/h3-10,16H,1-2H3. The van der Waals surface area contributed by atoms with Gasteiger partial charge in [0, 0.05) is 13.1 Å². The Labute approximate surface area is 113 Å². The average molecular weight is 277 g/mol. The molecule has 0 aliphatic carbocycles. The number of aromatic hydroxyl groups is 1. The van der Waals surface area contributed by atoms with Crippen molar-refractivity contribution in [3.05, 3.63) is 54.1 Å². The molecule has 1 N–H and O–H groups in total. The summed E-state index contributed by atoms with van der Waals surface area (Å²) in [6, 6.07) is 12.8. The van der Waals surface area contributed by atoms with Crippen LogP contribution in [0, 0.1) is 6.92 Å². The van der Waals surface area contributed by atoms with Gasteiger partial charge in [-0.1, -0.05) is 23.8 Å². The monoisotopic (exact) mass is 277 g/mol. The Morgan fingerprint density at radius 3 is 2.26 bits per heavy atom. The van der Waals surface area contributed by atoms with Gasteiger partial charge >= 0.3 is 0 Å². The zero-order valence-corrected chi connectivity index (χ0v) is 11.6. The summed E-state index contributed by atoms with van der Waals surface area (Å²) in [4.78, 5) is 0.226. The highest BCUT2D eigenvalue weighted by molar-refractivity contribution is 7.92. The second kappa shape index (κ2) is 4.93. The summed E-state index contributed by atoms with van der Waals surface area (Å²) in [6.45, 7) is 1.90. The van der Waals surface area contributed by atoms with Crippen molar-refractivity contribution in [2.24, 2.45) is 0 Å². The molecule has 0 saturated heterocycles. The summed E-state index contributed by atoms with van der Waals surface area (Å²) in [5.74, 6) is 0.0310. The molecule has 0 radical (unpaired) electrons. The minimum absolute atomic E-state index is 0.0310. The number of phenolic OH excluding ortho intramolecular Hbond substituents is 1. The minimum atomic E-state index is -3.60. The Morgan fingerprint density at radius 2 is 1.68 bits per heavy atom. The summed E-state index contributed by atoms with van der Waals surface area (Å²) in [6.07, 6.45) is 0. The summed E-state index contributed by atoms with van der Waals surface area (Å²) in [7, 11) is -2.14. The maximum Gasteiger partial charge on any atom is 0.264 e. The number of anilines is 1. The highest BCUT2D eigenvalue weighted by Crippen LogP contribution is 2.24. The SMILES string of the molecule is Cc1ccc(S(=O)(=O)N(C)c2cccc(O)c2)cc1. The number of sulfonamides is 1. The van der Waals surface area contributed by atoms with Gasteiger partial charge in [-0.05, 0) is 31.2 Å². The number of phenols is 1. The largest absolute Gasteiger partial charge is 0.508 e. The number of aryl methyl sites for hydroxylation is 1. The van der Waals surface area contributed by atoms with Crippen LogP contribution in [-0.4, -0.2) is 20.6 Å². The number of benzene rings is 2. The predicted octanol–water partition coefficient (Wildman–Crippen LogP) is 2.53. The molecule has 19 heavy (non-hydrogen) atoms. The van der Waals surface area contributed by atoms with Gasteiger partial charge in [0.25, 0.3) is 10.0 Å². The van der Waals surface area contributed by atoms with E-state index in [-0.39, 0.29) is 10.6 Å². The van der Waals surface area contributed by atoms with Gasteiger partial charge in [0.05, 0.1) is 10.6 Å². The Kier molecular flexibility index (Phi) is 3.48. The maximum atomic E-state index is 12.4. The topological polar surface area (TPSA) is 57.6 Å². The molecule has 0 fully saturated rings. The van der Waals surface area contributed by atoms with Gasteiger partial charge < -0.3 is 5.11 Å². The number of hydrogen-bond acceptors (Lipinski definition) is 3. The van der Waals surface area contributed by atoms with Crippen molar-refractivity contribution in [1.82, 2.24) is 0 Å². The molecule has 0 aromatic heterocycles. The minimum Gasteiger partial charge on any atom is -0.508 e.